The van der Waals surface area contributed by atoms with E-state index in [2.05, 4.69) is 18.7 Å². The number of aryl methyl sites for hydroxylation is 1. The average Bonchev–Trinajstić information content (AvgIpc) is 2.67. The molecule has 0 aromatic heterocycles. The second kappa shape index (κ2) is 3.46. The van der Waals surface area contributed by atoms with Crippen LogP contribution in [-0.4, -0.2) is 18.0 Å². The Hall–Kier alpha value is -1.58. The lowest BCUT2D eigenvalue weighted by molar-refractivity contribution is -0.384. The maximum absolute atomic E-state index is 10.7. The molecule has 0 bridgehead atoms. The number of hydrogen-bond donors (Lipinski definition) is 0. The summed E-state index contributed by atoms with van der Waals surface area (Å²) in [5, 5.41) is 10.7. The standard InChI is InChI=1S/C14H18N2O2/c1-9-6-10(16(17)18)4-5-13(9)15-7-11-12(8-15)14(11,2)3/h4-6,11-12H,7-8H2,1-3H3. The third-order valence-electron chi connectivity index (χ3n) is 4.85. The Morgan fingerprint density at radius 1 is 1.33 bits per heavy atom. The van der Waals surface area contributed by atoms with Crippen LogP contribution < -0.4 is 4.90 Å². The number of fused-ring (bicyclic) bond motifs is 1. The molecule has 1 aliphatic heterocycles. The largest absolute Gasteiger partial charge is 0.371 e. The highest BCUT2D eigenvalue weighted by atomic mass is 16.6. The molecule has 1 saturated carbocycles. The Labute approximate surface area is 107 Å². The van der Waals surface area contributed by atoms with Crippen molar-refractivity contribution < 1.29 is 4.92 Å². The lowest BCUT2D eigenvalue weighted by Crippen LogP contribution is -2.26. The van der Waals surface area contributed by atoms with Crippen molar-refractivity contribution >= 4 is 11.4 Å². The van der Waals surface area contributed by atoms with Crippen LogP contribution in [0.5, 0.6) is 0 Å². The van der Waals surface area contributed by atoms with Crippen LogP contribution in [0.4, 0.5) is 11.4 Å². The minimum Gasteiger partial charge on any atom is -0.371 e. The summed E-state index contributed by atoms with van der Waals surface area (Å²) in [5.74, 6) is 1.60. The minimum absolute atomic E-state index is 0.181. The SMILES string of the molecule is Cc1cc([N+](=O)[O-])ccc1N1CC2C(C1)C2(C)C. The molecule has 4 nitrogen and oxygen atoms in total. The molecule has 2 fully saturated rings. The molecule has 1 aromatic rings. The van der Waals surface area contributed by atoms with Gasteiger partial charge in [-0.2, -0.15) is 0 Å². The summed E-state index contributed by atoms with van der Waals surface area (Å²) in [6.07, 6.45) is 0. The zero-order valence-electron chi connectivity index (χ0n) is 11.0. The molecule has 0 N–H and O–H groups in total. The molecule has 2 unspecified atom stereocenters. The first-order valence-corrected chi connectivity index (χ1v) is 6.41. The van der Waals surface area contributed by atoms with Crippen molar-refractivity contribution in [2.45, 2.75) is 20.8 Å². The first-order chi connectivity index (χ1) is 8.41. The van der Waals surface area contributed by atoms with Crippen LogP contribution in [-0.2, 0) is 0 Å². The van der Waals surface area contributed by atoms with Crippen LogP contribution in [0, 0.1) is 34.3 Å². The molecular weight excluding hydrogens is 228 g/mol. The Kier molecular flexibility index (Phi) is 2.22. The summed E-state index contributed by atoms with van der Waals surface area (Å²) >= 11 is 0. The van der Waals surface area contributed by atoms with Gasteiger partial charge in [-0.25, -0.2) is 0 Å². The van der Waals surface area contributed by atoms with E-state index >= 15 is 0 Å². The molecule has 1 saturated heterocycles. The molecule has 0 radical (unpaired) electrons. The van der Waals surface area contributed by atoms with Gasteiger partial charge >= 0.3 is 0 Å². The first-order valence-electron chi connectivity index (χ1n) is 6.41. The Morgan fingerprint density at radius 2 is 1.94 bits per heavy atom. The second-order valence-electron chi connectivity index (χ2n) is 6.17. The maximum Gasteiger partial charge on any atom is 0.269 e. The van der Waals surface area contributed by atoms with Crippen molar-refractivity contribution in [3.8, 4) is 0 Å². The van der Waals surface area contributed by atoms with E-state index in [1.807, 2.05) is 13.0 Å². The second-order valence-corrected chi connectivity index (χ2v) is 6.17. The Balaban J connectivity index is 1.81. The quantitative estimate of drug-likeness (QED) is 0.595. The number of benzene rings is 1. The molecule has 0 spiro atoms. The number of non-ortho nitro benzene ring substituents is 1. The van der Waals surface area contributed by atoms with Gasteiger partial charge in [0.2, 0.25) is 0 Å². The van der Waals surface area contributed by atoms with Crippen molar-refractivity contribution in [2.75, 3.05) is 18.0 Å². The molecule has 2 atom stereocenters. The molecule has 1 aromatic carbocycles. The van der Waals surface area contributed by atoms with Gasteiger partial charge in [0, 0.05) is 30.9 Å². The number of nitro groups is 1. The molecule has 1 aliphatic carbocycles. The van der Waals surface area contributed by atoms with Crippen LogP contribution in [0.1, 0.15) is 19.4 Å². The summed E-state index contributed by atoms with van der Waals surface area (Å²) in [4.78, 5) is 12.8. The van der Waals surface area contributed by atoms with Crippen LogP contribution in [0.15, 0.2) is 18.2 Å². The zero-order valence-corrected chi connectivity index (χ0v) is 11.0. The van der Waals surface area contributed by atoms with E-state index in [0.29, 0.717) is 5.41 Å². The smallest absolute Gasteiger partial charge is 0.269 e. The zero-order chi connectivity index (χ0) is 13.1. The van der Waals surface area contributed by atoms with Crippen molar-refractivity contribution in [1.29, 1.82) is 0 Å². The summed E-state index contributed by atoms with van der Waals surface area (Å²) < 4.78 is 0. The van der Waals surface area contributed by atoms with Crippen molar-refractivity contribution in [3.63, 3.8) is 0 Å². The van der Waals surface area contributed by atoms with Gasteiger partial charge in [-0.05, 0) is 35.8 Å². The fourth-order valence-corrected chi connectivity index (χ4v) is 3.44. The molecule has 0 amide bonds. The summed E-state index contributed by atoms with van der Waals surface area (Å²) in [6, 6.07) is 5.17. The topological polar surface area (TPSA) is 46.4 Å². The number of rotatable bonds is 2. The fourth-order valence-electron chi connectivity index (χ4n) is 3.44. The normalized spacial score (nSPS) is 28.1. The number of nitro benzene ring substituents is 1. The molecule has 18 heavy (non-hydrogen) atoms. The molecule has 96 valence electrons. The lowest BCUT2D eigenvalue weighted by atomic mass is 10.1. The first kappa shape index (κ1) is 11.5. The fraction of sp³-hybridized carbons (Fsp3) is 0.571. The van der Waals surface area contributed by atoms with Crippen LogP contribution in [0.3, 0.4) is 0 Å². The van der Waals surface area contributed by atoms with Crippen LogP contribution >= 0.6 is 0 Å². The molecule has 1 heterocycles. The van der Waals surface area contributed by atoms with Gasteiger partial charge in [0.1, 0.15) is 0 Å². The van der Waals surface area contributed by atoms with E-state index in [4.69, 9.17) is 0 Å². The molecule has 2 aliphatic rings. The van der Waals surface area contributed by atoms with E-state index < -0.39 is 0 Å². The highest BCUT2D eigenvalue weighted by Gasteiger charge is 2.61. The van der Waals surface area contributed by atoms with Crippen molar-refractivity contribution in [1.82, 2.24) is 0 Å². The van der Waals surface area contributed by atoms with Crippen LogP contribution in [0.2, 0.25) is 0 Å². The van der Waals surface area contributed by atoms with Gasteiger partial charge in [0.15, 0.2) is 0 Å². The van der Waals surface area contributed by atoms with E-state index in [1.54, 1.807) is 12.1 Å². The lowest BCUT2D eigenvalue weighted by Gasteiger charge is -2.25. The summed E-state index contributed by atoms with van der Waals surface area (Å²) in [6.45, 7) is 8.81. The monoisotopic (exact) mass is 246 g/mol. The predicted octanol–water partition coefficient (Wildman–Crippen LogP) is 3.00. The van der Waals surface area contributed by atoms with E-state index in [-0.39, 0.29) is 10.6 Å². The van der Waals surface area contributed by atoms with Gasteiger partial charge in [0.25, 0.3) is 5.69 Å². The highest BCUT2D eigenvalue weighted by Crippen LogP contribution is 2.62. The van der Waals surface area contributed by atoms with Gasteiger partial charge in [-0.3, -0.25) is 10.1 Å². The predicted molar refractivity (Wildman–Crippen MR) is 70.8 cm³/mol. The minimum atomic E-state index is -0.332. The third-order valence-corrected chi connectivity index (χ3v) is 4.85. The maximum atomic E-state index is 10.7. The molecule has 4 heteroatoms. The van der Waals surface area contributed by atoms with E-state index in [0.717, 1.165) is 36.2 Å². The van der Waals surface area contributed by atoms with E-state index in [9.17, 15) is 10.1 Å². The number of hydrogen-bond acceptors (Lipinski definition) is 3. The third kappa shape index (κ3) is 1.51. The highest BCUT2D eigenvalue weighted by molar-refractivity contribution is 5.59. The summed E-state index contributed by atoms with van der Waals surface area (Å²) in [7, 11) is 0. The Morgan fingerprint density at radius 3 is 2.44 bits per heavy atom. The van der Waals surface area contributed by atoms with Crippen molar-refractivity contribution in [2.24, 2.45) is 17.3 Å². The van der Waals surface area contributed by atoms with E-state index in [1.165, 1.54) is 0 Å². The van der Waals surface area contributed by atoms with Gasteiger partial charge < -0.3 is 4.90 Å². The summed E-state index contributed by atoms with van der Waals surface area (Å²) in [5.41, 5.74) is 2.85. The van der Waals surface area contributed by atoms with Crippen molar-refractivity contribution in [3.05, 3.63) is 33.9 Å². The molecule has 3 rings (SSSR count). The van der Waals surface area contributed by atoms with Gasteiger partial charge in [0.05, 0.1) is 4.92 Å². The van der Waals surface area contributed by atoms with Gasteiger partial charge in [-0.15, -0.1) is 0 Å². The average molecular weight is 246 g/mol. The molecular formula is C14H18N2O2. The van der Waals surface area contributed by atoms with Gasteiger partial charge in [-0.1, -0.05) is 13.8 Å². The number of piperidine rings is 1. The van der Waals surface area contributed by atoms with Crippen LogP contribution in [0.25, 0.3) is 0 Å². The number of anilines is 1. The Bertz CT molecular complexity index is 511. The number of nitrogens with zero attached hydrogens (tertiary/aromatic N) is 2.